The van der Waals surface area contributed by atoms with Crippen LogP contribution in [-0.4, -0.2) is 25.6 Å². The van der Waals surface area contributed by atoms with Gasteiger partial charge in [0.15, 0.2) is 0 Å². The number of hydrogen-bond acceptors (Lipinski definition) is 2. The van der Waals surface area contributed by atoms with Gasteiger partial charge in [0, 0.05) is 6.04 Å². The molecule has 0 spiro atoms. The molecule has 1 aliphatic heterocycles. The van der Waals surface area contributed by atoms with Crippen LogP contribution in [0.3, 0.4) is 0 Å². The van der Waals surface area contributed by atoms with Crippen molar-refractivity contribution in [1.82, 2.24) is 4.90 Å². The highest BCUT2D eigenvalue weighted by atomic mass is 16.5. The third kappa shape index (κ3) is 1.44. The topological polar surface area (TPSA) is 12.5 Å². The number of methoxy groups -OCH3 is 1. The predicted octanol–water partition coefficient (Wildman–Crippen LogP) is 2.63. The predicted molar refractivity (Wildman–Crippen MR) is 64.8 cm³/mol. The van der Waals surface area contributed by atoms with Crippen molar-refractivity contribution in [3.05, 3.63) is 29.3 Å². The molecule has 1 fully saturated rings. The van der Waals surface area contributed by atoms with Crippen molar-refractivity contribution in [3.8, 4) is 5.75 Å². The van der Waals surface area contributed by atoms with Crippen molar-refractivity contribution in [2.45, 2.75) is 25.3 Å². The molecule has 86 valence electrons. The van der Waals surface area contributed by atoms with E-state index < -0.39 is 0 Å². The van der Waals surface area contributed by atoms with Crippen LogP contribution in [0.2, 0.25) is 0 Å². The van der Waals surface area contributed by atoms with Crippen molar-refractivity contribution in [3.63, 3.8) is 0 Å². The number of likely N-dealkylation sites (tertiary alicyclic amines) is 1. The fourth-order valence-electron chi connectivity index (χ4n) is 3.41. The molecule has 0 amide bonds. The second kappa shape index (κ2) is 3.77. The Morgan fingerprint density at radius 3 is 3.06 bits per heavy atom. The molecule has 0 saturated carbocycles. The minimum Gasteiger partial charge on any atom is -0.497 e. The van der Waals surface area contributed by atoms with Crippen molar-refractivity contribution < 1.29 is 4.74 Å². The lowest BCUT2D eigenvalue weighted by Crippen LogP contribution is -2.33. The summed E-state index contributed by atoms with van der Waals surface area (Å²) in [6.45, 7) is 1.23. The molecule has 2 unspecified atom stereocenters. The monoisotopic (exact) mass is 217 g/mol. The van der Waals surface area contributed by atoms with Gasteiger partial charge in [-0.25, -0.2) is 0 Å². The SMILES string of the molecule is COc1ccc2c(c1)C1C(CCCN1C)C2. The summed E-state index contributed by atoms with van der Waals surface area (Å²) >= 11 is 0. The summed E-state index contributed by atoms with van der Waals surface area (Å²) in [5.41, 5.74) is 3.04. The van der Waals surface area contributed by atoms with E-state index in [1.807, 2.05) is 0 Å². The van der Waals surface area contributed by atoms with Crippen LogP contribution in [0.1, 0.15) is 30.0 Å². The smallest absolute Gasteiger partial charge is 0.119 e. The maximum atomic E-state index is 5.34. The first-order chi connectivity index (χ1) is 7.79. The number of benzene rings is 1. The summed E-state index contributed by atoms with van der Waals surface area (Å²) in [5, 5.41) is 0. The molecule has 1 aliphatic carbocycles. The molecule has 1 heterocycles. The van der Waals surface area contributed by atoms with Gasteiger partial charge in [0.25, 0.3) is 0 Å². The van der Waals surface area contributed by atoms with Crippen LogP contribution < -0.4 is 4.74 Å². The van der Waals surface area contributed by atoms with Gasteiger partial charge in [0.05, 0.1) is 7.11 Å². The fraction of sp³-hybridized carbons (Fsp3) is 0.571. The van der Waals surface area contributed by atoms with Crippen LogP contribution >= 0.6 is 0 Å². The second-order valence-electron chi connectivity index (χ2n) is 5.10. The zero-order valence-corrected chi connectivity index (χ0v) is 10.1. The molecule has 0 aromatic heterocycles. The Labute approximate surface area is 97.2 Å². The molecule has 2 nitrogen and oxygen atoms in total. The summed E-state index contributed by atoms with van der Waals surface area (Å²) in [5.74, 6) is 1.83. The summed E-state index contributed by atoms with van der Waals surface area (Å²) in [6.07, 6.45) is 3.99. The first kappa shape index (κ1) is 10.2. The Morgan fingerprint density at radius 1 is 1.38 bits per heavy atom. The van der Waals surface area contributed by atoms with E-state index >= 15 is 0 Å². The van der Waals surface area contributed by atoms with Crippen LogP contribution in [0, 0.1) is 5.92 Å². The van der Waals surface area contributed by atoms with Crippen LogP contribution in [-0.2, 0) is 6.42 Å². The van der Waals surface area contributed by atoms with Gasteiger partial charge in [-0.1, -0.05) is 6.07 Å². The molecular weight excluding hydrogens is 198 g/mol. The maximum absolute atomic E-state index is 5.34. The average Bonchev–Trinajstić information content (AvgIpc) is 2.67. The van der Waals surface area contributed by atoms with Crippen LogP contribution in [0.5, 0.6) is 5.75 Å². The molecule has 3 rings (SSSR count). The largest absolute Gasteiger partial charge is 0.497 e. The zero-order valence-electron chi connectivity index (χ0n) is 10.1. The van der Waals surface area contributed by atoms with Crippen molar-refractivity contribution in [1.29, 1.82) is 0 Å². The van der Waals surface area contributed by atoms with Crippen LogP contribution in [0.25, 0.3) is 0 Å². The van der Waals surface area contributed by atoms with Gasteiger partial charge in [-0.2, -0.15) is 0 Å². The molecular formula is C14H19NO. The van der Waals surface area contributed by atoms with Gasteiger partial charge in [-0.15, -0.1) is 0 Å². The Balaban J connectivity index is 2.01. The molecule has 0 bridgehead atoms. The highest BCUT2D eigenvalue weighted by Crippen LogP contribution is 2.45. The van der Waals surface area contributed by atoms with Gasteiger partial charge in [0.1, 0.15) is 5.75 Å². The highest BCUT2D eigenvalue weighted by molar-refractivity contribution is 5.42. The zero-order chi connectivity index (χ0) is 11.1. The van der Waals surface area contributed by atoms with Gasteiger partial charge in [0.2, 0.25) is 0 Å². The average molecular weight is 217 g/mol. The number of nitrogens with zero attached hydrogens (tertiary/aromatic N) is 1. The van der Waals surface area contributed by atoms with Crippen LogP contribution in [0.15, 0.2) is 18.2 Å². The highest BCUT2D eigenvalue weighted by Gasteiger charge is 2.37. The summed E-state index contributed by atoms with van der Waals surface area (Å²) in [6, 6.07) is 7.22. The maximum Gasteiger partial charge on any atom is 0.119 e. The van der Waals surface area contributed by atoms with E-state index in [4.69, 9.17) is 4.74 Å². The van der Waals surface area contributed by atoms with Gasteiger partial charge in [-0.05, 0) is 62.0 Å². The van der Waals surface area contributed by atoms with Crippen molar-refractivity contribution >= 4 is 0 Å². The molecule has 0 radical (unpaired) electrons. The minimum absolute atomic E-state index is 0.638. The number of piperidine rings is 1. The normalized spacial score (nSPS) is 28.6. The van der Waals surface area contributed by atoms with Crippen molar-refractivity contribution in [2.24, 2.45) is 5.92 Å². The molecule has 2 atom stereocenters. The third-order valence-corrected chi connectivity index (χ3v) is 4.16. The van der Waals surface area contributed by atoms with Gasteiger partial charge in [-0.3, -0.25) is 4.90 Å². The van der Waals surface area contributed by atoms with E-state index in [0.29, 0.717) is 6.04 Å². The third-order valence-electron chi connectivity index (χ3n) is 4.16. The number of hydrogen-bond donors (Lipinski definition) is 0. The summed E-state index contributed by atoms with van der Waals surface area (Å²) in [4.78, 5) is 2.51. The molecule has 16 heavy (non-hydrogen) atoms. The lowest BCUT2D eigenvalue weighted by molar-refractivity contribution is 0.135. The van der Waals surface area contributed by atoms with E-state index in [1.165, 1.54) is 36.9 Å². The molecule has 0 N–H and O–H groups in total. The van der Waals surface area contributed by atoms with E-state index in [0.717, 1.165) is 11.7 Å². The number of rotatable bonds is 1. The van der Waals surface area contributed by atoms with Crippen molar-refractivity contribution in [2.75, 3.05) is 20.7 Å². The summed E-state index contributed by atoms with van der Waals surface area (Å²) < 4.78 is 5.34. The van der Waals surface area contributed by atoms with E-state index in [9.17, 15) is 0 Å². The number of fused-ring (bicyclic) bond motifs is 3. The fourth-order valence-corrected chi connectivity index (χ4v) is 3.41. The molecule has 1 aromatic carbocycles. The van der Waals surface area contributed by atoms with E-state index in [2.05, 4.69) is 30.1 Å². The van der Waals surface area contributed by atoms with Crippen LogP contribution in [0.4, 0.5) is 0 Å². The molecule has 2 heteroatoms. The Hall–Kier alpha value is -1.02. The Morgan fingerprint density at radius 2 is 2.25 bits per heavy atom. The second-order valence-corrected chi connectivity index (χ2v) is 5.10. The quantitative estimate of drug-likeness (QED) is 0.717. The first-order valence-corrected chi connectivity index (χ1v) is 6.16. The lowest BCUT2D eigenvalue weighted by atomic mass is 9.90. The summed E-state index contributed by atoms with van der Waals surface area (Å²) in [7, 11) is 4.00. The molecule has 1 aromatic rings. The molecule has 2 aliphatic rings. The minimum atomic E-state index is 0.638. The lowest BCUT2D eigenvalue weighted by Gasteiger charge is -2.35. The molecule has 1 saturated heterocycles. The van der Waals surface area contributed by atoms with Gasteiger partial charge >= 0.3 is 0 Å². The van der Waals surface area contributed by atoms with Gasteiger partial charge < -0.3 is 4.74 Å². The Kier molecular flexibility index (Phi) is 2.40. The standard InChI is InChI=1S/C14H19NO/c1-15-7-3-4-11-8-10-5-6-12(16-2)9-13(10)14(11)15/h5-6,9,11,14H,3-4,7-8H2,1-2H3. The van der Waals surface area contributed by atoms with E-state index in [1.54, 1.807) is 7.11 Å². The van der Waals surface area contributed by atoms with E-state index in [-0.39, 0.29) is 0 Å². The first-order valence-electron chi connectivity index (χ1n) is 6.16. The number of ether oxygens (including phenoxy) is 1. The Bertz CT molecular complexity index is 402.